The lowest BCUT2D eigenvalue weighted by molar-refractivity contribution is -0.125. The monoisotopic (exact) mass is 366 g/mol. The van der Waals surface area contributed by atoms with Crippen molar-refractivity contribution in [3.63, 3.8) is 0 Å². The number of nitrogens with zero attached hydrogens (tertiary/aromatic N) is 2. The Hall–Kier alpha value is -1.77. The first-order chi connectivity index (χ1) is 12.4. The maximum atomic E-state index is 12.5. The van der Waals surface area contributed by atoms with Crippen LogP contribution in [-0.4, -0.2) is 73.4 Å². The quantitative estimate of drug-likeness (QED) is 0.674. The molecule has 1 aliphatic rings. The maximum Gasteiger partial charge on any atom is 0.254 e. The zero-order valence-corrected chi connectivity index (χ0v) is 16.1. The van der Waals surface area contributed by atoms with Gasteiger partial charge in [0.2, 0.25) is 5.91 Å². The van der Waals surface area contributed by atoms with E-state index in [2.05, 4.69) is 15.3 Å². The van der Waals surface area contributed by atoms with E-state index in [4.69, 9.17) is 9.47 Å². The fourth-order valence-electron chi connectivity index (χ4n) is 2.89. The summed E-state index contributed by atoms with van der Waals surface area (Å²) in [6.07, 6.45) is 1.18. The van der Waals surface area contributed by atoms with Crippen LogP contribution in [0.15, 0.2) is 4.79 Å². The summed E-state index contributed by atoms with van der Waals surface area (Å²) in [4.78, 5) is 33.8. The highest BCUT2D eigenvalue weighted by Gasteiger charge is 2.28. The Labute approximate surface area is 154 Å². The van der Waals surface area contributed by atoms with Crippen LogP contribution >= 0.6 is 0 Å². The van der Waals surface area contributed by atoms with Crippen molar-refractivity contribution in [2.24, 2.45) is 0 Å². The van der Waals surface area contributed by atoms with Crippen molar-refractivity contribution >= 4 is 5.91 Å². The molecule has 1 aromatic rings. The van der Waals surface area contributed by atoms with Crippen molar-refractivity contribution in [2.75, 3.05) is 40.5 Å². The third-order valence-corrected chi connectivity index (χ3v) is 4.46. The van der Waals surface area contributed by atoms with Gasteiger partial charge in [0.1, 0.15) is 11.9 Å². The van der Waals surface area contributed by atoms with Gasteiger partial charge in [0.25, 0.3) is 5.56 Å². The number of hydrogen-bond donors (Lipinski definition) is 2. The number of hydrogen-bond acceptors (Lipinski definition) is 6. The van der Waals surface area contributed by atoms with Crippen LogP contribution in [0.5, 0.6) is 0 Å². The van der Waals surface area contributed by atoms with E-state index in [9.17, 15) is 9.59 Å². The molecule has 1 aliphatic heterocycles. The summed E-state index contributed by atoms with van der Waals surface area (Å²) >= 11 is 0. The third kappa shape index (κ3) is 5.89. The fraction of sp³-hybridized carbons (Fsp3) is 0.722. The number of aromatic nitrogens is 2. The second-order valence-corrected chi connectivity index (χ2v) is 6.86. The molecule has 146 valence electrons. The minimum atomic E-state index is -0.240. The molecule has 26 heavy (non-hydrogen) atoms. The summed E-state index contributed by atoms with van der Waals surface area (Å²) in [7, 11) is 3.97. The molecule has 2 rings (SSSR count). The average molecular weight is 366 g/mol. The zero-order chi connectivity index (χ0) is 19.1. The highest BCUT2D eigenvalue weighted by atomic mass is 16.5. The summed E-state index contributed by atoms with van der Waals surface area (Å²) in [5, 5.41) is 3.00. The van der Waals surface area contributed by atoms with E-state index in [1.165, 1.54) is 0 Å². The van der Waals surface area contributed by atoms with Crippen molar-refractivity contribution in [3.8, 4) is 0 Å². The van der Waals surface area contributed by atoms with Gasteiger partial charge in [0, 0.05) is 30.8 Å². The zero-order valence-electron chi connectivity index (χ0n) is 16.1. The number of aromatic amines is 1. The van der Waals surface area contributed by atoms with Gasteiger partial charge in [0.15, 0.2) is 0 Å². The van der Waals surface area contributed by atoms with Crippen LogP contribution in [0.1, 0.15) is 30.4 Å². The Morgan fingerprint density at radius 3 is 2.88 bits per heavy atom. The van der Waals surface area contributed by atoms with Crippen LogP contribution in [0.4, 0.5) is 0 Å². The molecule has 0 radical (unpaired) electrons. The van der Waals surface area contributed by atoms with Gasteiger partial charge in [-0.1, -0.05) is 6.92 Å². The lowest BCUT2D eigenvalue weighted by Crippen LogP contribution is -2.51. The number of likely N-dealkylation sites (N-methyl/N-ethyl adjacent to an activating group) is 1. The summed E-state index contributed by atoms with van der Waals surface area (Å²) in [6.45, 7) is 6.12. The first-order valence-corrected chi connectivity index (χ1v) is 9.12. The Bertz CT molecular complexity index is 659. The molecule has 1 saturated heterocycles. The van der Waals surface area contributed by atoms with Gasteiger partial charge >= 0.3 is 0 Å². The van der Waals surface area contributed by atoms with Crippen molar-refractivity contribution in [2.45, 2.75) is 45.3 Å². The van der Waals surface area contributed by atoms with Crippen molar-refractivity contribution in [3.05, 3.63) is 27.4 Å². The fourth-order valence-corrected chi connectivity index (χ4v) is 2.89. The van der Waals surface area contributed by atoms with E-state index < -0.39 is 0 Å². The predicted molar refractivity (Wildman–Crippen MR) is 98.3 cm³/mol. The number of aryl methyl sites for hydroxylation is 2. The second kappa shape index (κ2) is 9.80. The lowest BCUT2D eigenvalue weighted by atomic mass is 10.0. The lowest BCUT2D eigenvalue weighted by Gasteiger charge is -2.32. The van der Waals surface area contributed by atoms with E-state index in [0.717, 1.165) is 6.54 Å². The average Bonchev–Trinajstić information content (AvgIpc) is 2.59. The van der Waals surface area contributed by atoms with Crippen LogP contribution < -0.4 is 10.9 Å². The Morgan fingerprint density at radius 2 is 2.23 bits per heavy atom. The van der Waals surface area contributed by atoms with E-state index in [1.54, 1.807) is 6.92 Å². The smallest absolute Gasteiger partial charge is 0.254 e. The van der Waals surface area contributed by atoms with Gasteiger partial charge < -0.3 is 24.7 Å². The number of carbonyl (C=O) groups excluding carboxylic acids is 1. The van der Waals surface area contributed by atoms with Crippen molar-refractivity contribution in [1.82, 2.24) is 20.2 Å². The van der Waals surface area contributed by atoms with E-state index in [0.29, 0.717) is 49.7 Å². The van der Waals surface area contributed by atoms with Gasteiger partial charge in [-0.15, -0.1) is 0 Å². The molecule has 8 heteroatoms. The van der Waals surface area contributed by atoms with Crippen LogP contribution in [0, 0.1) is 6.92 Å². The standard InChI is InChI=1S/C18H30N4O4/c1-5-16-19-12(2)13(18(24)21-16)10-17(23)20-14-6-8-25-11-15(14)26-9-7-22(3)4/h14-15H,5-11H2,1-4H3,(H,20,23)(H,19,21,24)/t14-,15-/m1/s1. The molecule has 0 unspecified atom stereocenters. The number of ether oxygens (including phenoxy) is 2. The van der Waals surface area contributed by atoms with Gasteiger partial charge in [0.05, 0.1) is 25.7 Å². The summed E-state index contributed by atoms with van der Waals surface area (Å²) in [6, 6.07) is -0.110. The highest BCUT2D eigenvalue weighted by molar-refractivity contribution is 5.79. The maximum absolute atomic E-state index is 12.5. The van der Waals surface area contributed by atoms with Crippen LogP contribution in [0.25, 0.3) is 0 Å². The Balaban J connectivity index is 1.96. The van der Waals surface area contributed by atoms with Gasteiger partial charge in [-0.05, 0) is 27.4 Å². The van der Waals surface area contributed by atoms with Crippen molar-refractivity contribution in [1.29, 1.82) is 0 Å². The minimum Gasteiger partial charge on any atom is -0.379 e. The van der Waals surface area contributed by atoms with E-state index in [1.807, 2.05) is 25.9 Å². The number of carbonyl (C=O) groups is 1. The topological polar surface area (TPSA) is 96.6 Å². The largest absolute Gasteiger partial charge is 0.379 e. The molecule has 2 heterocycles. The van der Waals surface area contributed by atoms with E-state index >= 15 is 0 Å². The third-order valence-electron chi connectivity index (χ3n) is 4.46. The molecular weight excluding hydrogens is 336 g/mol. The minimum absolute atomic E-state index is 0.0138. The molecule has 2 N–H and O–H groups in total. The molecule has 0 bridgehead atoms. The first kappa shape index (κ1) is 20.5. The summed E-state index contributed by atoms with van der Waals surface area (Å²) in [5.41, 5.74) is 0.776. The molecule has 1 fully saturated rings. The van der Waals surface area contributed by atoms with Crippen LogP contribution in [0.2, 0.25) is 0 Å². The summed E-state index contributed by atoms with van der Waals surface area (Å²) in [5.74, 6) is 0.438. The first-order valence-electron chi connectivity index (χ1n) is 9.12. The van der Waals surface area contributed by atoms with Crippen LogP contribution in [-0.2, 0) is 27.1 Å². The van der Waals surface area contributed by atoms with Crippen molar-refractivity contribution < 1.29 is 14.3 Å². The molecule has 1 amide bonds. The Morgan fingerprint density at radius 1 is 1.46 bits per heavy atom. The van der Waals surface area contributed by atoms with Gasteiger partial charge in [-0.3, -0.25) is 9.59 Å². The Kier molecular flexibility index (Phi) is 7.74. The van der Waals surface area contributed by atoms with E-state index in [-0.39, 0.29) is 30.0 Å². The number of rotatable bonds is 8. The number of nitrogens with one attached hydrogen (secondary N) is 2. The van der Waals surface area contributed by atoms with Crippen LogP contribution in [0.3, 0.4) is 0 Å². The number of H-pyrrole nitrogens is 1. The molecule has 8 nitrogen and oxygen atoms in total. The second-order valence-electron chi connectivity index (χ2n) is 6.86. The van der Waals surface area contributed by atoms with Gasteiger partial charge in [-0.25, -0.2) is 4.98 Å². The SMILES string of the molecule is CCc1nc(C)c(CC(=O)N[C@@H]2CCOC[C@H]2OCCN(C)C)c(=O)[nH]1. The molecule has 0 spiro atoms. The molecule has 0 aromatic carbocycles. The highest BCUT2D eigenvalue weighted by Crippen LogP contribution is 2.12. The molecule has 2 atom stereocenters. The molecule has 1 aromatic heterocycles. The normalized spacial score (nSPS) is 20.3. The summed E-state index contributed by atoms with van der Waals surface area (Å²) < 4.78 is 11.4. The molecule has 0 aliphatic carbocycles. The van der Waals surface area contributed by atoms with Gasteiger partial charge in [-0.2, -0.15) is 0 Å². The molecule has 0 saturated carbocycles. The number of amides is 1. The predicted octanol–water partition coefficient (Wildman–Crippen LogP) is 0.0351. The molecular formula is C18H30N4O4.